The molecule has 0 saturated heterocycles. The molecule has 0 atom stereocenters. The van der Waals surface area contributed by atoms with Crippen molar-refractivity contribution in [1.82, 2.24) is 9.97 Å². The van der Waals surface area contributed by atoms with Crippen LogP contribution in [0.1, 0.15) is 5.69 Å². The SMILES string of the molecule is NC(=S)c1ncccc1Nc1cnc2ccccc2c1. The van der Waals surface area contributed by atoms with Crippen LogP contribution in [0.4, 0.5) is 11.4 Å². The van der Waals surface area contributed by atoms with Crippen LogP contribution in [-0.2, 0) is 0 Å². The second kappa shape index (κ2) is 5.22. The molecule has 0 aliphatic rings. The Labute approximate surface area is 121 Å². The van der Waals surface area contributed by atoms with Gasteiger partial charge < -0.3 is 11.1 Å². The van der Waals surface area contributed by atoms with E-state index in [2.05, 4.69) is 15.3 Å². The summed E-state index contributed by atoms with van der Waals surface area (Å²) in [6, 6.07) is 13.7. The van der Waals surface area contributed by atoms with E-state index in [-0.39, 0.29) is 4.99 Å². The van der Waals surface area contributed by atoms with Crippen LogP contribution in [0.15, 0.2) is 54.9 Å². The van der Waals surface area contributed by atoms with E-state index in [1.807, 2.05) is 42.5 Å². The molecule has 0 saturated carbocycles. The van der Waals surface area contributed by atoms with Crippen molar-refractivity contribution in [3.63, 3.8) is 0 Å². The maximum atomic E-state index is 5.67. The molecule has 4 nitrogen and oxygen atoms in total. The summed E-state index contributed by atoms with van der Waals surface area (Å²) >= 11 is 5.00. The van der Waals surface area contributed by atoms with Crippen molar-refractivity contribution in [1.29, 1.82) is 0 Å². The molecule has 2 heterocycles. The summed E-state index contributed by atoms with van der Waals surface area (Å²) in [7, 11) is 0. The molecule has 3 N–H and O–H groups in total. The first-order valence-corrected chi connectivity index (χ1v) is 6.51. The number of para-hydroxylation sites is 1. The molecule has 0 amide bonds. The fraction of sp³-hybridized carbons (Fsp3) is 0. The zero-order valence-corrected chi connectivity index (χ0v) is 11.4. The summed E-state index contributed by atoms with van der Waals surface area (Å²) in [5.41, 5.74) is 8.85. The second-order valence-electron chi connectivity index (χ2n) is 4.31. The third-order valence-electron chi connectivity index (χ3n) is 2.91. The largest absolute Gasteiger partial charge is 0.388 e. The highest BCUT2D eigenvalue weighted by molar-refractivity contribution is 7.80. The maximum absolute atomic E-state index is 5.67. The zero-order chi connectivity index (χ0) is 13.9. The summed E-state index contributed by atoms with van der Waals surface area (Å²) in [6.07, 6.45) is 3.44. The van der Waals surface area contributed by atoms with Crippen LogP contribution in [0, 0.1) is 0 Å². The topological polar surface area (TPSA) is 63.8 Å². The van der Waals surface area contributed by atoms with Gasteiger partial charge in [0.1, 0.15) is 10.7 Å². The number of hydrogen-bond acceptors (Lipinski definition) is 4. The van der Waals surface area contributed by atoms with Gasteiger partial charge in [-0.1, -0.05) is 30.4 Å². The summed E-state index contributed by atoms with van der Waals surface area (Å²) in [5.74, 6) is 0. The molecule has 5 heteroatoms. The highest BCUT2D eigenvalue weighted by Gasteiger charge is 2.06. The van der Waals surface area contributed by atoms with Gasteiger partial charge in [0, 0.05) is 11.6 Å². The number of aromatic nitrogens is 2. The molecular formula is C15H12N4S. The van der Waals surface area contributed by atoms with Gasteiger partial charge in [0.05, 0.1) is 23.1 Å². The fourth-order valence-corrected chi connectivity index (χ4v) is 2.16. The fourth-order valence-electron chi connectivity index (χ4n) is 2.00. The molecule has 0 spiro atoms. The Bertz CT molecular complexity index is 785. The van der Waals surface area contributed by atoms with Gasteiger partial charge in [-0.15, -0.1) is 0 Å². The molecule has 0 radical (unpaired) electrons. The minimum Gasteiger partial charge on any atom is -0.388 e. The third-order valence-corrected chi connectivity index (χ3v) is 3.10. The first kappa shape index (κ1) is 12.5. The van der Waals surface area contributed by atoms with E-state index in [0.717, 1.165) is 22.3 Å². The summed E-state index contributed by atoms with van der Waals surface area (Å²) in [4.78, 5) is 8.86. The number of benzene rings is 1. The lowest BCUT2D eigenvalue weighted by Crippen LogP contribution is -2.13. The van der Waals surface area contributed by atoms with E-state index >= 15 is 0 Å². The molecule has 98 valence electrons. The van der Waals surface area contributed by atoms with Gasteiger partial charge in [0.15, 0.2) is 0 Å². The third kappa shape index (κ3) is 2.44. The Hall–Kier alpha value is -2.53. The van der Waals surface area contributed by atoms with Gasteiger partial charge in [-0.3, -0.25) is 9.97 Å². The highest BCUT2D eigenvalue weighted by Crippen LogP contribution is 2.21. The van der Waals surface area contributed by atoms with Crippen molar-refractivity contribution in [2.24, 2.45) is 5.73 Å². The van der Waals surface area contributed by atoms with Gasteiger partial charge in [-0.25, -0.2) is 0 Å². The number of fused-ring (bicyclic) bond motifs is 1. The highest BCUT2D eigenvalue weighted by atomic mass is 32.1. The number of hydrogen-bond donors (Lipinski definition) is 2. The van der Waals surface area contributed by atoms with E-state index in [4.69, 9.17) is 18.0 Å². The second-order valence-corrected chi connectivity index (χ2v) is 4.75. The van der Waals surface area contributed by atoms with Crippen LogP contribution in [0.5, 0.6) is 0 Å². The van der Waals surface area contributed by atoms with Crippen molar-refractivity contribution in [3.8, 4) is 0 Å². The first-order chi connectivity index (χ1) is 9.74. The molecule has 0 bridgehead atoms. The first-order valence-electron chi connectivity index (χ1n) is 6.11. The number of nitrogens with zero attached hydrogens (tertiary/aromatic N) is 2. The average Bonchev–Trinajstić information content (AvgIpc) is 2.47. The number of rotatable bonds is 3. The van der Waals surface area contributed by atoms with E-state index in [9.17, 15) is 0 Å². The quantitative estimate of drug-likeness (QED) is 0.722. The van der Waals surface area contributed by atoms with Crippen LogP contribution >= 0.6 is 12.2 Å². The summed E-state index contributed by atoms with van der Waals surface area (Å²) in [5, 5.41) is 4.32. The Morgan fingerprint density at radius 1 is 1.10 bits per heavy atom. The van der Waals surface area contributed by atoms with E-state index in [1.165, 1.54) is 0 Å². The Morgan fingerprint density at radius 2 is 1.95 bits per heavy atom. The van der Waals surface area contributed by atoms with Crippen LogP contribution in [0.3, 0.4) is 0 Å². The van der Waals surface area contributed by atoms with Crippen molar-refractivity contribution >= 4 is 39.5 Å². The average molecular weight is 280 g/mol. The smallest absolute Gasteiger partial charge is 0.124 e. The standard InChI is InChI=1S/C15H12N4S/c16-15(20)14-13(6-3-7-17-14)19-11-8-10-4-1-2-5-12(10)18-9-11/h1-9,19H,(H2,16,20). The van der Waals surface area contributed by atoms with E-state index in [0.29, 0.717) is 5.69 Å². The predicted molar refractivity (Wildman–Crippen MR) is 85.2 cm³/mol. The normalized spacial score (nSPS) is 10.4. The van der Waals surface area contributed by atoms with Gasteiger partial charge in [-0.2, -0.15) is 0 Å². The number of pyridine rings is 2. The Kier molecular flexibility index (Phi) is 3.26. The van der Waals surface area contributed by atoms with Crippen LogP contribution < -0.4 is 11.1 Å². The molecule has 2 aromatic heterocycles. The Morgan fingerprint density at radius 3 is 2.80 bits per heavy atom. The summed E-state index contributed by atoms with van der Waals surface area (Å²) in [6.45, 7) is 0. The van der Waals surface area contributed by atoms with Crippen molar-refractivity contribution in [2.75, 3.05) is 5.32 Å². The Balaban J connectivity index is 1.99. The van der Waals surface area contributed by atoms with Crippen molar-refractivity contribution in [2.45, 2.75) is 0 Å². The van der Waals surface area contributed by atoms with Crippen LogP contribution in [0.25, 0.3) is 10.9 Å². The predicted octanol–water partition coefficient (Wildman–Crippen LogP) is 3.01. The zero-order valence-electron chi connectivity index (χ0n) is 10.6. The number of nitrogens with one attached hydrogen (secondary N) is 1. The monoisotopic (exact) mass is 280 g/mol. The molecular weight excluding hydrogens is 268 g/mol. The minimum atomic E-state index is 0.266. The molecule has 20 heavy (non-hydrogen) atoms. The molecule has 0 fully saturated rings. The number of anilines is 2. The van der Waals surface area contributed by atoms with E-state index in [1.54, 1.807) is 12.4 Å². The molecule has 3 aromatic rings. The summed E-state index contributed by atoms with van der Waals surface area (Å²) < 4.78 is 0. The van der Waals surface area contributed by atoms with Crippen LogP contribution in [-0.4, -0.2) is 15.0 Å². The van der Waals surface area contributed by atoms with Gasteiger partial charge in [0.2, 0.25) is 0 Å². The number of thiocarbonyl (C=S) groups is 1. The molecule has 0 aliphatic heterocycles. The molecule has 0 aliphatic carbocycles. The lowest BCUT2D eigenvalue weighted by atomic mass is 10.2. The maximum Gasteiger partial charge on any atom is 0.124 e. The molecule has 3 rings (SSSR count). The van der Waals surface area contributed by atoms with E-state index < -0.39 is 0 Å². The molecule has 0 unspecified atom stereocenters. The minimum absolute atomic E-state index is 0.266. The number of nitrogens with two attached hydrogens (primary N) is 1. The van der Waals surface area contributed by atoms with Gasteiger partial charge in [0.25, 0.3) is 0 Å². The lowest BCUT2D eigenvalue weighted by molar-refractivity contribution is 1.28. The van der Waals surface area contributed by atoms with Gasteiger partial charge in [-0.05, 0) is 24.3 Å². The van der Waals surface area contributed by atoms with Crippen molar-refractivity contribution < 1.29 is 0 Å². The van der Waals surface area contributed by atoms with Crippen molar-refractivity contribution in [3.05, 3.63) is 60.6 Å². The van der Waals surface area contributed by atoms with Crippen LogP contribution in [0.2, 0.25) is 0 Å². The van der Waals surface area contributed by atoms with Gasteiger partial charge >= 0.3 is 0 Å². The molecule has 1 aromatic carbocycles. The lowest BCUT2D eigenvalue weighted by Gasteiger charge is -2.10.